The number of halogens is 3. The molecule has 1 aromatic rings. The smallest absolute Gasteiger partial charge is 0.310 e. The molecule has 0 aliphatic rings. The van der Waals surface area contributed by atoms with Crippen molar-refractivity contribution in [1.29, 1.82) is 0 Å². The highest BCUT2D eigenvalue weighted by Gasteiger charge is 2.30. The van der Waals surface area contributed by atoms with Crippen molar-refractivity contribution in [1.82, 2.24) is 5.32 Å². The summed E-state index contributed by atoms with van der Waals surface area (Å²) in [7, 11) is 0. The number of hydrogen-bond acceptors (Lipinski definition) is 1. The number of alkyl halides is 3. The van der Waals surface area contributed by atoms with Crippen LogP contribution in [0.4, 0.5) is 13.2 Å². The molecule has 1 N–H and O–H groups in total. The van der Waals surface area contributed by atoms with Gasteiger partial charge in [-0.3, -0.25) is 0 Å². The molecular formula is C15H18F3N. The van der Waals surface area contributed by atoms with Gasteiger partial charge in [0.2, 0.25) is 0 Å². The summed E-state index contributed by atoms with van der Waals surface area (Å²) in [5.74, 6) is 5.79. The molecule has 0 heterocycles. The van der Waals surface area contributed by atoms with Crippen molar-refractivity contribution in [2.24, 2.45) is 0 Å². The van der Waals surface area contributed by atoms with E-state index in [2.05, 4.69) is 17.2 Å². The van der Waals surface area contributed by atoms with Gasteiger partial charge in [-0.25, -0.2) is 0 Å². The summed E-state index contributed by atoms with van der Waals surface area (Å²) in [6, 6.07) is 5.38. The minimum Gasteiger partial charge on any atom is -0.310 e. The molecule has 1 aromatic carbocycles. The molecule has 104 valence electrons. The second-order valence-electron chi connectivity index (χ2n) is 4.20. The Hall–Kier alpha value is -1.47. The maximum atomic E-state index is 12.5. The molecule has 0 fully saturated rings. The van der Waals surface area contributed by atoms with E-state index >= 15 is 0 Å². The fraction of sp³-hybridized carbons (Fsp3) is 0.467. The quantitative estimate of drug-likeness (QED) is 0.791. The van der Waals surface area contributed by atoms with Crippen LogP contribution in [0.25, 0.3) is 0 Å². The van der Waals surface area contributed by atoms with E-state index in [9.17, 15) is 13.2 Å². The lowest BCUT2D eigenvalue weighted by molar-refractivity contribution is -0.137. The van der Waals surface area contributed by atoms with E-state index in [4.69, 9.17) is 0 Å². The van der Waals surface area contributed by atoms with Crippen molar-refractivity contribution in [3.63, 3.8) is 0 Å². The van der Waals surface area contributed by atoms with Crippen molar-refractivity contribution in [2.45, 2.75) is 38.9 Å². The van der Waals surface area contributed by atoms with Crippen LogP contribution in [0.3, 0.4) is 0 Å². The van der Waals surface area contributed by atoms with Crippen LogP contribution in [0.15, 0.2) is 24.3 Å². The minimum atomic E-state index is -4.28. The third-order valence-corrected chi connectivity index (χ3v) is 2.83. The van der Waals surface area contributed by atoms with Gasteiger partial charge in [-0.15, -0.1) is 11.8 Å². The lowest BCUT2D eigenvalue weighted by Crippen LogP contribution is -2.21. The van der Waals surface area contributed by atoms with Gasteiger partial charge in [-0.2, -0.15) is 13.2 Å². The van der Waals surface area contributed by atoms with Crippen LogP contribution in [0.2, 0.25) is 0 Å². The molecule has 0 spiro atoms. The van der Waals surface area contributed by atoms with E-state index in [0.29, 0.717) is 0 Å². The van der Waals surface area contributed by atoms with Gasteiger partial charge in [0.05, 0.1) is 5.56 Å². The van der Waals surface area contributed by atoms with Crippen LogP contribution in [0.1, 0.15) is 43.9 Å². The van der Waals surface area contributed by atoms with Gasteiger partial charge in [0, 0.05) is 12.5 Å². The van der Waals surface area contributed by atoms with Gasteiger partial charge in [-0.05, 0) is 37.6 Å². The zero-order valence-corrected chi connectivity index (χ0v) is 11.1. The molecule has 19 heavy (non-hydrogen) atoms. The molecule has 0 bridgehead atoms. The molecule has 0 amide bonds. The highest BCUT2D eigenvalue weighted by atomic mass is 19.4. The van der Waals surface area contributed by atoms with Crippen LogP contribution in [-0.2, 0) is 6.18 Å². The van der Waals surface area contributed by atoms with Crippen molar-refractivity contribution >= 4 is 0 Å². The maximum Gasteiger partial charge on any atom is 0.416 e. The Morgan fingerprint density at radius 3 is 2.32 bits per heavy atom. The average Bonchev–Trinajstić information content (AvgIpc) is 2.37. The van der Waals surface area contributed by atoms with Crippen LogP contribution < -0.4 is 5.32 Å². The summed E-state index contributed by atoms with van der Waals surface area (Å²) in [6.45, 7) is 4.52. The van der Waals surface area contributed by atoms with E-state index < -0.39 is 11.7 Å². The molecular weight excluding hydrogens is 251 g/mol. The first kappa shape index (κ1) is 15.6. The van der Waals surface area contributed by atoms with Crippen LogP contribution in [0.5, 0.6) is 0 Å². The standard InChI is InChI=1S/C15H18F3N/c1-3-5-6-7-14(19-4-2)12-8-10-13(11-9-12)15(16,17)18/h8-11,14,19H,4,6-7H2,1-2H3. The first-order valence-electron chi connectivity index (χ1n) is 6.29. The Balaban J connectivity index is 2.81. The van der Waals surface area contributed by atoms with Gasteiger partial charge in [0.1, 0.15) is 0 Å². The first-order chi connectivity index (χ1) is 8.99. The Labute approximate surface area is 112 Å². The Morgan fingerprint density at radius 1 is 1.21 bits per heavy atom. The zero-order chi connectivity index (χ0) is 14.3. The molecule has 0 aliphatic heterocycles. The van der Waals surface area contributed by atoms with E-state index in [-0.39, 0.29) is 6.04 Å². The van der Waals surface area contributed by atoms with Gasteiger partial charge in [0.15, 0.2) is 0 Å². The fourth-order valence-electron chi connectivity index (χ4n) is 1.88. The predicted octanol–water partition coefficient (Wildman–Crippen LogP) is 4.16. The third-order valence-electron chi connectivity index (χ3n) is 2.83. The highest BCUT2D eigenvalue weighted by molar-refractivity contribution is 5.27. The normalized spacial score (nSPS) is 12.7. The van der Waals surface area contributed by atoms with Crippen molar-refractivity contribution in [3.05, 3.63) is 35.4 Å². The zero-order valence-electron chi connectivity index (χ0n) is 11.1. The van der Waals surface area contributed by atoms with Gasteiger partial charge in [-0.1, -0.05) is 19.1 Å². The fourth-order valence-corrected chi connectivity index (χ4v) is 1.88. The molecule has 0 aliphatic carbocycles. The van der Waals surface area contributed by atoms with E-state index in [0.717, 1.165) is 37.1 Å². The molecule has 1 nitrogen and oxygen atoms in total. The Kier molecular flexibility index (Phi) is 5.91. The van der Waals surface area contributed by atoms with E-state index in [1.165, 1.54) is 12.1 Å². The van der Waals surface area contributed by atoms with E-state index in [1.807, 2.05) is 6.92 Å². The Morgan fingerprint density at radius 2 is 1.84 bits per heavy atom. The second-order valence-corrected chi connectivity index (χ2v) is 4.20. The molecule has 0 aromatic heterocycles. The first-order valence-corrected chi connectivity index (χ1v) is 6.29. The van der Waals surface area contributed by atoms with Crippen molar-refractivity contribution in [2.75, 3.05) is 6.54 Å². The van der Waals surface area contributed by atoms with Crippen molar-refractivity contribution < 1.29 is 13.2 Å². The summed E-state index contributed by atoms with van der Waals surface area (Å²) < 4.78 is 37.4. The monoisotopic (exact) mass is 269 g/mol. The lowest BCUT2D eigenvalue weighted by atomic mass is 10.0. The summed E-state index contributed by atoms with van der Waals surface area (Å²) in [4.78, 5) is 0. The number of rotatable bonds is 5. The molecule has 1 atom stereocenters. The number of benzene rings is 1. The summed E-state index contributed by atoms with van der Waals surface area (Å²) in [5, 5.41) is 3.27. The van der Waals surface area contributed by atoms with Crippen LogP contribution in [0, 0.1) is 11.8 Å². The number of nitrogens with one attached hydrogen (secondary N) is 1. The largest absolute Gasteiger partial charge is 0.416 e. The van der Waals surface area contributed by atoms with Gasteiger partial charge < -0.3 is 5.32 Å². The molecule has 0 saturated carbocycles. The lowest BCUT2D eigenvalue weighted by Gasteiger charge is -2.18. The maximum absolute atomic E-state index is 12.5. The van der Waals surface area contributed by atoms with Gasteiger partial charge >= 0.3 is 6.18 Å². The summed E-state index contributed by atoms with van der Waals surface area (Å²) in [6.07, 6.45) is -2.75. The summed E-state index contributed by atoms with van der Waals surface area (Å²) >= 11 is 0. The summed E-state index contributed by atoms with van der Waals surface area (Å²) in [5.41, 5.74) is 0.257. The van der Waals surface area contributed by atoms with Gasteiger partial charge in [0.25, 0.3) is 0 Å². The van der Waals surface area contributed by atoms with Crippen molar-refractivity contribution in [3.8, 4) is 11.8 Å². The topological polar surface area (TPSA) is 12.0 Å². The van der Waals surface area contributed by atoms with E-state index in [1.54, 1.807) is 6.92 Å². The molecule has 4 heteroatoms. The predicted molar refractivity (Wildman–Crippen MR) is 70.5 cm³/mol. The average molecular weight is 269 g/mol. The SMILES string of the molecule is CC#CCCC(NCC)c1ccc(C(F)(F)F)cc1. The van der Waals surface area contributed by atoms with Crippen LogP contribution >= 0.6 is 0 Å². The molecule has 0 saturated heterocycles. The molecule has 0 radical (unpaired) electrons. The molecule has 1 rings (SSSR count). The Bertz CT molecular complexity index is 437. The third kappa shape index (κ3) is 4.96. The highest BCUT2D eigenvalue weighted by Crippen LogP contribution is 2.30. The van der Waals surface area contributed by atoms with Crippen LogP contribution in [-0.4, -0.2) is 6.54 Å². The second kappa shape index (κ2) is 7.20. The number of hydrogen-bond donors (Lipinski definition) is 1. The molecule has 1 unspecified atom stereocenters. The minimum absolute atomic E-state index is 0.0492.